The number of pyridine rings is 2. The number of amidine groups is 1. The van der Waals surface area contributed by atoms with Crippen molar-refractivity contribution in [2.24, 2.45) is 10.7 Å². The molecule has 0 aromatic carbocycles. The molecule has 0 aliphatic carbocycles. The molecule has 0 bridgehead atoms. The first-order valence-electron chi connectivity index (χ1n) is 11.3. The molecule has 11 heteroatoms. The van der Waals surface area contributed by atoms with Gasteiger partial charge in [0.25, 0.3) is 0 Å². The summed E-state index contributed by atoms with van der Waals surface area (Å²) in [5, 5.41) is 3.12. The highest BCUT2D eigenvalue weighted by atomic mass is 19.1. The molecule has 1 saturated heterocycles. The van der Waals surface area contributed by atoms with Crippen molar-refractivity contribution in [2.75, 3.05) is 58.4 Å². The van der Waals surface area contributed by atoms with E-state index in [-0.39, 0.29) is 18.3 Å². The summed E-state index contributed by atoms with van der Waals surface area (Å²) >= 11 is 0. The van der Waals surface area contributed by atoms with Gasteiger partial charge in [0.1, 0.15) is 5.82 Å². The molecule has 4 rings (SSSR count). The molecule has 0 saturated carbocycles. The summed E-state index contributed by atoms with van der Waals surface area (Å²) in [6.07, 6.45) is 3.91. The van der Waals surface area contributed by atoms with Crippen LogP contribution in [0.15, 0.2) is 40.0 Å². The number of ether oxygens (including phenoxy) is 2. The number of anilines is 1. The number of nitrogens with one attached hydrogen (secondary N) is 1. The van der Waals surface area contributed by atoms with Gasteiger partial charge in [-0.1, -0.05) is 0 Å². The fourth-order valence-corrected chi connectivity index (χ4v) is 3.65. The number of hydrogen-bond acceptors (Lipinski definition) is 9. The van der Waals surface area contributed by atoms with Crippen LogP contribution < -0.4 is 11.1 Å². The number of likely N-dealkylation sites (tertiary alicyclic amines) is 1. The van der Waals surface area contributed by atoms with Crippen molar-refractivity contribution in [3.8, 4) is 0 Å². The first kappa shape index (κ1) is 24.0. The van der Waals surface area contributed by atoms with E-state index in [1.54, 1.807) is 31.6 Å². The summed E-state index contributed by atoms with van der Waals surface area (Å²) in [7, 11) is 1.64. The molecule has 34 heavy (non-hydrogen) atoms. The summed E-state index contributed by atoms with van der Waals surface area (Å²) in [5.41, 5.74) is 7.61. The van der Waals surface area contributed by atoms with Gasteiger partial charge in [0.2, 0.25) is 5.89 Å². The standard InChI is InChI=1S/C23H30FN7O3/c1-32-11-12-33-10-8-27-20(25)5-9-31-14-16(15-31)23-30-21-19(34-23)4-7-28-22(21)29-13-18-17(24)3-2-6-26-18/h2-4,6-7,16H,5,8-15H2,1H3,(H2,25,27)(H,28,29). The SMILES string of the molecule is COCCOCCN=C(N)CCN1CC(c2nc3c(NCc4ncccc4F)nccc3o2)C1. The number of rotatable bonds is 13. The Morgan fingerprint density at radius 3 is 2.97 bits per heavy atom. The molecular weight excluding hydrogens is 441 g/mol. The fourth-order valence-electron chi connectivity index (χ4n) is 3.65. The van der Waals surface area contributed by atoms with Crippen molar-refractivity contribution in [1.29, 1.82) is 0 Å². The number of fused-ring (bicyclic) bond motifs is 1. The number of nitrogens with zero attached hydrogens (tertiary/aromatic N) is 5. The highest BCUT2D eigenvalue weighted by molar-refractivity contribution is 5.84. The van der Waals surface area contributed by atoms with E-state index in [9.17, 15) is 4.39 Å². The first-order chi connectivity index (χ1) is 16.6. The molecule has 1 aliphatic heterocycles. The van der Waals surface area contributed by atoms with Gasteiger partial charge in [0.15, 0.2) is 16.9 Å². The van der Waals surface area contributed by atoms with E-state index >= 15 is 0 Å². The summed E-state index contributed by atoms with van der Waals surface area (Å²) in [6.45, 7) is 4.96. The predicted octanol–water partition coefficient (Wildman–Crippen LogP) is 2.18. The average molecular weight is 472 g/mol. The Balaban J connectivity index is 1.24. The van der Waals surface area contributed by atoms with Gasteiger partial charge in [0.05, 0.1) is 50.4 Å². The van der Waals surface area contributed by atoms with E-state index in [2.05, 4.69) is 30.2 Å². The molecule has 1 aliphatic rings. The van der Waals surface area contributed by atoms with Gasteiger partial charge in [-0.25, -0.2) is 14.4 Å². The third-order valence-corrected chi connectivity index (χ3v) is 5.55. The van der Waals surface area contributed by atoms with Crippen LogP contribution in [0.3, 0.4) is 0 Å². The lowest BCUT2D eigenvalue weighted by molar-refractivity contribution is 0.0748. The van der Waals surface area contributed by atoms with Crippen LogP contribution in [0.2, 0.25) is 0 Å². The summed E-state index contributed by atoms with van der Waals surface area (Å²) in [4.78, 5) is 19.7. The van der Waals surface area contributed by atoms with Gasteiger partial charge in [-0.05, 0) is 12.1 Å². The lowest BCUT2D eigenvalue weighted by atomic mass is 10.00. The van der Waals surface area contributed by atoms with Crippen LogP contribution in [0.1, 0.15) is 23.9 Å². The normalized spacial score (nSPS) is 15.1. The summed E-state index contributed by atoms with van der Waals surface area (Å²) in [5.74, 6) is 1.70. The van der Waals surface area contributed by atoms with Crippen molar-refractivity contribution in [3.05, 3.63) is 48.0 Å². The van der Waals surface area contributed by atoms with Crippen LogP contribution in [0.25, 0.3) is 11.1 Å². The Morgan fingerprint density at radius 1 is 1.26 bits per heavy atom. The first-order valence-corrected chi connectivity index (χ1v) is 11.3. The van der Waals surface area contributed by atoms with Crippen molar-refractivity contribution in [3.63, 3.8) is 0 Å². The van der Waals surface area contributed by atoms with E-state index in [1.165, 1.54) is 6.07 Å². The van der Waals surface area contributed by atoms with Gasteiger partial charge < -0.3 is 29.8 Å². The summed E-state index contributed by atoms with van der Waals surface area (Å²) in [6, 6.07) is 4.73. The lowest BCUT2D eigenvalue weighted by Crippen LogP contribution is -2.46. The molecule has 3 aromatic heterocycles. The van der Waals surface area contributed by atoms with E-state index in [0.29, 0.717) is 67.1 Å². The average Bonchev–Trinajstić information content (AvgIpc) is 3.24. The van der Waals surface area contributed by atoms with Gasteiger partial charge in [-0.15, -0.1) is 0 Å². The minimum absolute atomic E-state index is 0.209. The predicted molar refractivity (Wildman–Crippen MR) is 126 cm³/mol. The largest absolute Gasteiger partial charge is 0.440 e. The zero-order valence-corrected chi connectivity index (χ0v) is 19.2. The highest BCUT2D eigenvalue weighted by Crippen LogP contribution is 2.31. The molecule has 0 amide bonds. The van der Waals surface area contributed by atoms with Crippen LogP contribution in [0, 0.1) is 5.82 Å². The maximum absolute atomic E-state index is 13.9. The van der Waals surface area contributed by atoms with Gasteiger partial charge in [0, 0.05) is 51.6 Å². The Kier molecular flexibility index (Phi) is 8.34. The molecule has 3 aromatic rings. The summed E-state index contributed by atoms with van der Waals surface area (Å²) < 4.78 is 30.1. The monoisotopic (exact) mass is 471 g/mol. The number of aliphatic imine (C=N–C) groups is 1. The van der Waals surface area contributed by atoms with Gasteiger partial charge in [-0.2, -0.15) is 0 Å². The van der Waals surface area contributed by atoms with Crippen LogP contribution in [-0.4, -0.2) is 78.8 Å². The molecular formula is C23H30FN7O3. The zero-order valence-electron chi connectivity index (χ0n) is 19.2. The molecule has 0 unspecified atom stereocenters. The maximum Gasteiger partial charge on any atom is 0.201 e. The molecule has 4 heterocycles. The van der Waals surface area contributed by atoms with Gasteiger partial charge in [-0.3, -0.25) is 9.98 Å². The molecule has 0 radical (unpaired) electrons. The van der Waals surface area contributed by atoms with Crippen molar-refractivity contribution in [1.82, 2.24) is 19.9 Å². The lowest BCUT2D eigenvalue weighted by Gasteiger charge is -2.37. The van der Waals surface area contributed by atoms with Crippen LogP contribution in [-0.2, 0) is 16.0 Å². The second-order valence-electron chi connectivity index (χ2n) is 8.03. The fraction of sp³-hybridized carbons (Fsp3) is 0.478. The van der Waals surface area contributed by atoms with Crippen molar-refractivity contribution in [2.45, 2.75) is 18.9 Å². The second kappa shape index (κ2) is 11.8. The second-order valence-corrected chi connectivity index (χ2v) is 8.03. The number of halogens is 1. The number of nitrogens with two attached hydrogens (primary N) is 1. The number of hydrogen-bond donors (Lipinski definition) is 2. The van der Waals surface area contributed by atoms with E-state index in [4.69, 9.17) is 19.6 Å². The quantitative estimate of drug-likeness (QED) is 0.219. The van der Waals surface area contributed by atoms with E-state index in [1.807, 2.05) is 0 Å². The van der Waals surface area contributed by atoms with Crippen LogP contribution in [0.5, 0.6) is 0 Å². The van der Waals surface area contributed by atoms with E-state index in [0.717, 1.165) is 19.6 Å². The van der Waals surface area contributed by atoms with Crippen molar-refractivity contribution >= 4 is 22.8 Å². The van der Waals surface area contributed by atoms with E-state index < -0.39 is 0 Å². The Bertz CT molecular complexity index is 1100. The molecule has 3 N–H and O–H groups in total. The highest BCUT2D eigenvalue weighted by Gasteiger charge is 2.32. The molecule has 182 valence electrons. The smallest absolute Gasteiger partial charge is 0.201 e. The molecule has 10 nitrogen and oxygen atoms in total. The zero-order chi connectivity index (χ0) is 23.8. The maximum atomic E-state index is 13.9. The van der Waals surface area contributed by atoms with Crippen LogP contribution >= 0.6 is 0 Å². The molecule has 0 atom stereocenters. The third kappa shape index (κ3) is 6.25. The van der Waals surface area contributed by atoms with Crippen LogP contribution in [0.4, 0.5) is 10.2 Å². The number of aromatic nitrogens is 3. The minimum Gasteiger partial charge on any atom is -0.440 e. The number of oxazole rings is 1. The van der Waals surface area contributed by atoms with Gasteiger partial charge >= 0.3 is 0 Å². The topological polar surface area (TPSA) is 124 Å². The Morgan fingerprint density at radius 2 is 2.15 bits per heavy atom. The Labute approximate surface area is 197 Å². The Hall–Kier alpha value is -3.15. The molecule has 1 fully saturated rings. The number of methoxy groups -OCH3 is 1. The minimum atomic E-state index is -0.362. The molecule has 0 spiro atoms. The third-order valence-electron chi connectivity index (χ3n) is 5.55. The van der Waals surface area contributed by atoms with Crippen molar-refractivity contribution < 1.29 is 18.3 Å².